The van der Waals surface area contributed by atoms with Crippen LogP contribution in [0.25, 0.3) is 0 Å². The summed E-state index contributed by atoms with van der Waals surface area (Å²) in [4.78, 5) is 72.0. The molecule has 0 saturated carbocycles. The van der Waals surface area contributed by atoms with Gasteiger partial charge in [-0.3, -0.25) is 39.3 Å². The average Bonchev–Trinajstić information content (AvgIpc) is 1.75. The Morgan fingerprint density at radius 1 is 0.403 bits per heavy atom. The predicted octanol–water partition coefficient (Wildman–Crippen LogP) is 18.9. The number of hydrogen-bond donors (Lipinski definition) is 17. The Morgan fingerprint density at radius 3 is 0.835 bits per heavy atom. The van der Waals surface area contributed by atoms with Gasteiger partial charge in [-0.15, -0.1) is 40.8 Å². The minimum absolute atomic E-state index is 0.00926. The molecule has 0 saturated heterocycles. The smallest absolute Gasteiger partial charge is 0.247 e. The van der Waals surface area contributed by atoms with E-state index in [0.29, 0.717) is 101 Å². The Balaban J connectivity index is -0.000000159. The highest BCUT2D eigenvalue weighted by Crippen LogP contribution is 2.17. The molecule has 139 heavy (non-hydrogen) atoms. The number of aliphatic imine (C=N–C) groups is 2. The Kier molecular flexibility index (Phi) is 98.7. The van der Waals surface area contributed by atoms with Crippen LogP contribution < -0.4 is 44.7 Å². The van der Waals surface area contributed by atoms with E-state index < -0.39 is 0 Å². The molecular formula is C100H203N31O8. The second kappa shape index (κ2) is 92.3. The number of hydrogen-bond acceptors (Lipinski definition) is 26. The van der Waals surface area contributed by atoms with E-state index in [0.717, 1.165) is 64.7 Å². The lowest BCUT2D eigenvalue weighted by atomic mass is 9.98. The van der Waals surface area contributed by atoms with E-state index in [2.05, 4.69) is 249 Å². The van der Waals surface area contributed by atoms with Crippen molar-refractivity contribution in [1.29, 1.82) is 0 Å². The summed E-state index contributed by atoms with van der Waals surface area (Å²) in [7, 11) is 0. The SMILES string of the molecule is CC(C)/C=C(\O)C(C)C.CC(C)C.CC(C)C.CC(C)C(N)=O.CC(C)C(N)=O.CC(C)CC(O)C(C)C.CC(C)N=C(N)C(C)C.CC(C)N=C(N)C(C)C.CC(C)NC(=O)C(C)C.CC(C)NC(O)C(C)C.CC(C)c1cn[nH]n1.CC(C)c1cnc(C(C)C)[nH]1.CC(C)c1nn[nH]n1.CC(C)c1nn[nH]n1.CC(C)c1nn[nH]n1.CC(C)c1nn[nH]n1.O=c1cccc[nH]1.O=c1cccc[nH]1. The lowest BCUT2D eigenvalue weighted by Gasteiger charge is -2.18. The van der Waals surface area contributed by atoms with Crippen LogP contribution in [-0.2, 0) is 14.4 Å². The summed E-state index contributed by atoms with van der Waals surface area (Å²) < 4.78 is 0. The van der Waals surface area contributed by atoms with Crippen molar-refractivity contribution in [2.45, 2.75) is 417 Å². The molecule has 0 fully saturated rings. The van der Waals surface area contributed by atoms with Crippen molar-refractivity contribution in [3.05, 3.63) is 134 Å². The Morgan fingerprint density at radius 2 is 0.734 bits per heavy atom. The van der Waals surface area contributed by atoms with Crippen LogP contribution in [0.15, 0.2) is 92.6 Å². The first kappa shape index (κ1) is 149. The molecule has 0 spiro atoms. The van der Waals surface area contributed by atoms with Crippen LogP contribution in [0.5, 0.6) is 0 Å². The topological polar surface area (TPSA) is 619 Å². The van der Waals surface area contributed by atoms with Crippen molar-refractivity contribution in [1.82, 2.24) is 128 Å². The quantitative estimate of drug-likeness (QED) is 0.0122. The fraction of sp³-hybridized carbons (Fsp3) is 0.740. The van der Waals surface area contributed by atoms with Crippen LogP contribution in [0.2, 0.25) is 0 Å². The monoisotopic (exact) mass is 1970 g/mol. The van der Waals surface area contributed by atoms with Crippen LogP contribution >= 0.6 is 0 Å². The molecule has 0 aromatic carbocycles. The molecule has 806 valence electrons. The van der Waals surface area contributed by atoms with Gasteiger partial charge < -0.3 is 58.5 Å². The van der Waals surface area contributed by atoms with Crippen LogP contribution in [-0.4, -0.2) is 199 Å². The van der Waals surface area contributed by atoms with E-state index in [1.54, 1.807) is 70.6 Å². The van der Waals surface area contributed by atoms with Gasteiger partial charge in [-0.25, -0.2) is 4.98 Å². The van der Waals surface area contributed by atoms with E-state index in [-0.39, 0.29) is 70.9 Å². The van der Waals surface area contributed by atoms with Crippen LogP contribution in [0.3, 0.4) is 0 Å². The molecule has 39 heteroatoms. The van der Waals surface area contributed by atoms with Crippen LogP contribution in [0, 0.1) is 71.0 Å². The molecular weight excluding hydrogens is 1760 g/mol. The number of pyridine rings is 2. The largest absolute Gasteiger partial charge is 0.512 e. The van der Waals surface area contributed by atoms with Gasteiger partial charge >= 0.3 is 0 Å². The summed E-state index contributed by atoms with van der Waals surface area (Å²) >= 11 is 0. The molecule has 8 heterocycles. The van der Waals surface area contributed by atoms with Gasteiger partial charge in [-0.2, -0.15) is 36.3 Å². The molecule has 21 N–H and O–H groups in total. The number of carbonyl (C=O) groups excluding carboxylic acids is 3. The number of nitrogens with zero attached hydrogens (tertiary/aromatic N) is 17. The lowest BCUT2D eigenvalue weighted by molar-refractivity contribution is -0.124. The Hall–Kier alpha value is -10.7. The number of aliphatic hydroxyl groups is 3. The summed E-state index contributed by atoms with van der Waals surface area (Å²) in [5.41, 5.74) is 22.9. The fourth-order valence-corrected chi connectivity index (χ4v) is 7.01. The van der Waals surface area contributed by atoms with Crippen molar-refractivity contribution in [3.8, 4) is 0 Å². The van der Waals surface area contributed by atoms with Gasteiger partial charge in [0.2, 0.25) is 28.8 Å². The number of rotatable bonds is 23. The molecule has 0 aliphatic carbocycles. The van der Waals surface area contributed by atoms with Gasteiger partial charge in [0.25, 0.3) is 0 Å². The number of nitrogens with one attached hydrogen (secondary N) is 10. The average molecular weight is 1970 g/mol. The van der Waals surface area contributed by atoms with Crippen LogP contribution in [0.1, 0.15) is 421 Å². The molecule has 0 bridgehead atoms. The highest BCUT2D eigenvalue weighted by atomic mass is 16.3. The van der Waals surface area contributed by atoms with Gasteiger partial charge in [0.05, 0.1) is 35.4 Å². The second-order valence-corrected chi connectivity index (χ2v) is 40.2. The molecule has 0 aliphatic rings. The number of amides is 3. The number of carbonyl (C=O) groups is 3. The number of amidine groups is 2. The van der Waals surface area contributed by atoms with Gasteiger partial charge in [0, 0.05) is 126 Å². The number of H-pyrrole nitrogens is 8. The third-order valence-corrected chi connectivity index (χ3v) is 15.5. The maximum atomic E-state index is 10.8. The Labute approximate surface area is 838 Å². The maximum absolute atomic E-state index is 10.8. The first-order valence-corrected chi connectivity index (χ1v) is 49.1. The van der Waals surface area contributed by atoms with Crippen molar-refractivity contribution in [2.75, 3.05) is 0 Å². The molecule has 0 aliphatic heterocycles. The molecule has 39 nitrogen and oxygen atoms in total. The predicted molar refractivity (Wildman–Crippen MR) is 575 cm³/mol. The molecule has 8 aromatic rings. The number of allylic oxidation sites excluding steroid dienone is 2. The molecule has 8 rings (SSSR count). The van der Waals surface area contributed by atoms with Crippen molar-refractivity contribution >= 4 is 29.4 Å². The Bertz CT molecular complexity index is 3720. The van der Waals surface area contributed by atoms with Crippen molar-refractivity contribution in [2.24, 2.45) is 104 Å². The zero-order valence-corrected chi connectivity index (χ0v) is 95.3. The van der Waals surface area contributed by atoms with E-state index in [9.17, 15) is 34.2 Å². The standard InChI is InChI=1S/C9H16N2.C8H18O.C8H16O.2C7H16N2.C7H17NO.C7H15NO.C5H9N3.2C5H5NO.4C4H8N4.2C4H9NO.2C4H10/c1-6(2)8-5-10-9(11-8)7(3)4;2*1-6(2)5-8(9)7(3)4;2*1-5(2)7(8)9-6(3)4;2*1-5(2)7(9)8-6(3)4;1-4(2)5-3-6-8-7-5;2*7-5-3-1-2-4-6-5;4*1-3(2)4-5-7-8-6-4;2*1-3(2)4(5)6;2*1-4(2)3/h5-7H,1-4H3,(H,10,11);6-9H,5H2,1-4H3;5-7,9H,1-4H3;2*5-6H,1-4H3,(H2,8,9);5-9H,1-4H3;5-6H,1-4H3,(H,8,9);3-4H,1-2H3,(H,6,7,8);2*1-4H,(H,6,7);4*3H,1-2H3,(H,5,6,7,8);2*3H,1-2H3,(H2,5,6);2*4H,1-3H3/b;;8-5-;;;;;;;;;;;;;;;. The lowest BCUT2D eigenvalue weighted by Crippen LogP contribution is -2.38. The van der Waals surface area contributed by atoms with Gasteiger partial charge in [-0.05, 0) is 127 Å². The van der Waals surface area contributed by atoms with Gasteiger partial charge in [-0.1, -0.05) is 310 Å². The molecule has 3 amide bonds. The van der Waals surface area contributed by atoms with E-state index in [4.69, 9.17) is 28.0 Å². The van der Waals surface area contributed by atoms with Crippen LogP contribution in [0.4, 0.5) is 0 Å². The number of aromatic amines is 8. The number of aliphatic hydroxyl groups excluding tert-OH is 3. The molecule has 0 radical (unpaired) electrons. The zero-order valence-electron chi connectivity index (χ0n) is 95.3. The summed E-state index contributed by atoms with van der Waals surface area (Å²) in [6, 6.07) is 11.1. The fourth-order valence-electron chi connectivity index (χ4n) is 7.01. The van der Waals surface area contributed by atoms with Gasteiger partial charge in [0.15, 0.2) is 23.3 Å². The third-order valence-electron chi connectivity index (χ3n) is 15.5. The van der Waals surface area contributed by atoms with Crippen molar-refractivity contribution in [3.63, 3.8) is 0 Å². The minimum atomic E-state index is -0.356. The maximum Gasteiger partial charge on any atom is 0.247 e. The van der Waals surface area contributed by atoms with E-state index in [1.165, 1.54) is 17.8 Å². The first-order valence-electron chi connectivity index (χ1n) is 49.1. The van der Waals surface area contributed by atoms with E-state index >= 15 is 0 Å². The second-order valence-electron chi connectivity index (χ2n) is 40.2. The zero-order chi connectivity index (χ0) is 111. The third kappa shape index (κ3) is 112. The number of nitrogens with two attached hydrogens (primary N) is 4. The van der Waals surface area contributed by atoms with Gasteiger partial charge in [0.1, 0.15) is 12.1 Å². The number of imidazole rings is 1. The highest BCUT2D eigenvalue weighted by Gasteiger charge is 2.13. The summed E-state index contributed by atoms with van der Waals surface area (Å²) in [5, 5.41) is 96.8. The number of tetrazole rings is 4. The minimum Gasteiger partial charge on any atom is -0.512 e. The summed E-state index contributed by atoms with van der Waals surface area (Å²) in [6.45, 7) is 97.4. The highest BCUT2D eigenvalue weighted by molar-refractivity contribution is 5.82. The summed E-state index contributed by atoms with van der Waals surface area (Å²) in [5.74, 6) is 13.4. The number of aromatic nitrogens is 23. The number of primary amides is 2. The molecule has 8 aromatic heterocycles. The van der Waals surface area contributed by atoms with E-state index in [1.807, 2.05) is 206 Å². The summed E-state index contributed by atoms with van der Waals surface area (Å²) in [6.07, 6.45) is 9.22. The normalized spacial score (nSPS) is 11.3. The molecule has 2 atom stereocenters. The first-order chi connectivity index (χ1) is 63.9. The molecule has 2 unspecified atom stereocenters. The van der Waals surface area contributed by atoms with Crippen molar-refractivity contribution < 1.29 is 29.7 Å².